The molecule has 2 aromatic carbocycles. The van der Waals surface area contributed by atoms with Crippen molar-refractivity contribution >= 4 is 17.7 Å². The lowest BCUT2D eigenvalue weighted by atomic mass is 10.0. The zero-order valence-electron chi connectivity index (χ0n) is 16.2. The van der Waals surface area contributed by atoms with E-state index in [-0.39, 0.29) is 18.4 Å². The van der Waals surface area contributed by atoms with Gasteiger partial charge in [-0.2, -0.15) is 0 Å². The lowest BCUT2D eigenvalue weighted by molar-refractivity contribution is -0.133. The van der Waals surface area contributed by atoms with E-state index >= 15 is 0 Å². The Morgan fingerprint density at radius 1 is 0.929 bits per heavy atom. The monoisotopic (exact) mass is 383 g/mol. The molecule has 0 aliphatic carbocycles. The molecule has 0 saturated heterocycles. The summed E-state index contributed by atoms with van der Waals surface area (Å²) in [5.74, 6) is -0.894. The first-order chi connectivity index (χ1) is 13.4. The molecule has 1 atom stereocenters. The molecule has 7 nitrogen and oxygen atoms in total. The van der Waals surface area contributed by atoms with Crippen LogP contribution in [0, 0.1) is 5.92 Å². The van der Waals surface area contributed by atoms with E-state index in [1.54, 1.807) is 19.9 Å². The molecule has 7 heteroatoms. The number of hydrogen-bond donors (Lipinski definition) is 3. The van der Waals surface area contributed by atoms with Crippen LogP contribution in [0.15, 0.2) is 54.6 Å². The van der Waals surface area contributed by atoms with Gasteiger partial charge in [0.15, 0.2) is 6.61 Å². The second-order valence-corrected chi connectivity index (χ2v) is 6.61. The molecule has 0 bridgehead atoms. The smallest absolute Gasteiger partial charge is 0.276 e. The Balaban J connectivity index is 1.91. The Hall–Kier alpha value is -3.35. The highest BCUT2D eigenvalue weighted by Gasteiger charge is 2.23. The maximum Gasteiger partial charge on any atom is 0.276 e. The van der Waals surface area contributed by atoms with Crippen LogP contribution in [-0.2, 0) is 14.4 Å². The third-order valence-corrected chi connectivity index (χ3v) is 3.96. The van der Waals surface area contributed by atoms with Gasteiger partial charge in [0.05, 0.1) is 0 Å². The Kier molecular flexibility index (Phi) is 7.56. The van der Waals surface area contributed by atoms with Gasteiger partial charge in [-0.25, -0.2) is 0 Å². The van der Waals surface area contributed by atoms with Gasteiger partial charge < -0.3 is 10.1 Å². The number of rotatable bonds is 7. The minimum absolute atomic E-state index is 0.130. The molecule has 3 N–H and O–H groups in total. The fourth-order valence-electron chi connectivity index (χ4n) is 2.59. The van der Waals surface area contributed by atoms with Gasteiger partial charge in [-0.1, -0.05) is 62.4 Å². The van der Waals surface area contributed by atoms with Crippen LogP contribution in [0.1, 0.15) is 20.8 Å². The van der Waals surface area contributed by atoms with Gasteiger partial charge in [0.1, 0.15) is 11.8 Å². The van der Waals surface area contributed by atoms with Crippen molar-refractivity contribution in [3.63, 3.8) is 0 Å². The van der Waals surface area contributed by atoms with Crippen molar-refractivity contribution in [2.75, 3.05) is 6.61 Å². The van der Waals surface area contributed by atoms with Crippen molar-refractivity contribution in [3.8, 4) is 16.9 Å². The SMILES string of the molecule is CC(=O)N[C@H](C(=O)NNC(=O)COc1ccccc1-c1ccccc1)C(C)C. The second-order valence-electron chi connectivity index (χ2n) is 6.61. The van der Waals surface area contributed by atoms with E-state index in [0.717, 1.165) is 11.1 Å². The van der Waals surface area contributed by atoms with Crippen LogP contribution in [-0.4, -0.2) is 30.4 Å². The molecule has 0 radical (unpaired) electrons. The van der Waals surface area contributed by atoms with E-state index in [1.807, 2.05) is 48.5 Å². The van der Waals surface area contributed by atoms with Gasteiger partial charge in [0, 0.05) is 12.5 Å². The molecule has 148 valence electrons. The number of benzene rings is 2. The van der Waals surface area contributed by atoms with Crippen molar-refractivity contribution in [1.82, 2.24) is 16.2 Å². The lowest BCUT2D eigenvalue weighted by Gasteiger charge is -2.21. The fraction of sp³-hybridized carbons (Fsp3) is 0.286. The number of hydrazine groups is 1. The minimum atomic E-state index is -0.738. The normalized spacial score (nSPS) is 11.4. The quantitative estimate of drug-likeness (QED) is 0.638. The molecule has 0 heterocycles. The number of carbonyl (C=O) groups excluding carboxylic acids is 3. The highest BCUT2D eigenvalue weighted by Crippen LogP contribution is 2.29. The number of para-hydroxylation sites is 1. The Morgan fingerprint density at radius 2 is 1.57 bits per heavy atom. The van der Waals surface area contributed by atoms with Crippen LogP contribution in [0.2, 0.25) is 0 Å². The van der Waals surface area contributed by atoms with Crippen molar-refractivity contribution in [2.45, 2.75) is 26.8 Å². The number of hydrogen-bond acceptors (Lipinski definition) is 4. The molecule has 2 rings (SSSR count). The Morgan fingerprint density at radius 3 is 2.21 bits per heavy atom. The first kappa shape index (κ1) is 21.0. The van der Waals surface area contributed by atoms with Crippen LogP contribution < -0.4 is 20.9 Å². The van der Waals surface area contributed by atoms with Gasteiger partial charge in [0.2, 0.25) is 5.91 Å². The number of ether oxygens (including phenoxy) is 1. The predicted octanol–water partition coefficient (Wildman–Crippen LogP) is 2.04. The van der Waals surface area contributed by atoms with E-state index in [4.69, 9.17) is 4.74 Å². The standard InChI is InChI=1S/C21H25N3O4/c1-14(2)20(22-15(3)25)21(27)24-23-19(26)13-28-18-12-8-7-11-17(18)16-9-5-4-6-10-16/h4-12,14,20H,13H2,1-3H3,(H,22,25)(H,23,26)(H,24,27)/t20-/m0/s1. The largest absolute Gasteiger partial charge is 0.483 e. The van der Waals surface area contributed by atoms with Crippen molar-refractivity contribution in [2.24, 2.45) is 5.92 Å². The van der Waals surface area contributed by atoms with Gasteiger partial charge in [0.25, 0.3) is 11.8 Å². The zero-order chi connectivity index (χ0) is 20.5. The van der Waals surface area contributed by atoms with Crippen LogP contribution in [0.25, 0.3) is 11.1 Å². The fourth-order valence-corrected chi connectivity index (χ4v) is 2.59. The lowest BCUT2D eigenvalue weighted by Crippen LogP contribution is -2.54. The topological polar surface area (TPSA) is 96.5 Å². The van der Waals surface area contributed by atoms with Gasteiger partial charge in [-0.3, -0.25) is 25.2 Å². The summed E-state index contributed by atoms with van der Waals surface area (Å²) in [6.07, 6.45) is 0. The van der Waals surface area contributed by atoms with Crippen LogP contribution >= 0.6 is 0 Å². The van der Waals surface area contributed by atoms with Gasteiger partial charge in [-0.05, 0) is 17.5 Å². The summed E-state index contributed by atoms with van der Waals surface area (Å²) in [5.41, 5.74) is 6.46. The Bertz CT molecular complexity index is 821. The summed E-state index contributed by atoms with van der Waals surface area (Å²) < 4.78 is 5.63. The average molecular weight is 383 g/mol. The molecule has 0 aromatic heterocycles. The number of nitrogens with one attached hydrogen (secondary N) is 3. The molecular weight excluding hydrogens is 358 g/mol. The second kappa shape index (κ2) is 10.1. The maximum atomic E-state index is 12.2. The highest BCUT2D eigenvalue weighted by atomic mass is 16.5. The first-order valence-electron chi connectivity index (χ1n) is 9.01. The van der Waals surface area contributed by atoms with E-state index in [2.05, 4.69) is 16.2 Å². The van der Waals surface area contributed by atoms with E-state index < -0.39 is 17.9 Å². The van der Waals surface area contributed by atoms with E-state index in [1.165, 1.54) is 6.92 Å². The summed E-state index contributed by atoms with van der Waals surface area (Å²) in [7, 11) is 0. The van der Waals surface area contributed by atoms with Crippen LogP contribution in [0.3, 0.4) is 0 Å². The molecule has 0 spiro atoms. The maximum absolute atomic E-state index is 12.2. The van der Waals surface area contributed by atoms with E-state index in [9.17, 15) is 14.4 Å². The molecule has 3 amide bonds. The average Bonchev–Trinajstić information content (AvgIpc) is 2.69. The minimum Gasteiger partial charge on any atom is -0.483 e. The van der Waals surface area contributed by atoms with Crippen LogP contribution in [0.5, 0.6) is 5.75 Å². The van der Waals surface area contributed by atoms with Crippen molar-refractivity contribution in [1.29, 1.82) is 0 Å². The van der Waals surface area contributed by atoms with Crippen molar-refractivity contribution in [3.05, 3.63) is 54.6 Å². The molecular formula is C21H25N3O4. The van der Waals surface area contributed by atoms with Gasteiger partial charge >= 0.3 is 0 Å². The number of amides is 3. The summed E-state index contributed by atoms with van der Waals surface area (Å²) in [5, 5.41) is 2.55. The zero-order valence-corrected chi connectivity index (χ0v) is 16.2. The Labute approximate surface area is 164 Å². The molecule has 0 unspecified atom stereocenters. The van der Waals surface area contributed by atoms with Gasteiger partial charge in [-0.15, -0.1) is 0 Å². The third-order valence-electron chi connectivity index (χ3n) is 3.96. The molecule has 0 aliphatic heterocycles. The molecule has 0 fully saturated rings. The summed E-state index contributed by atoms with van der Waals surface area (Å²) in [6, 6.07) is 16.3. The summed E-state index contributed by atoms with van der Waals surface area (Å²) >= 11 is 0. The van der Waals surface area contributed by atoms with Crippen LogP contribution in [0.4, 0.5) is 0 Å². The molecule has 28 heavy (non-hydrogen) atoms. The third kappa shape index (κ3) is 6.12. The van der Waals surface area contributed by atoms with E-state index in [0.29, 0.717) is 5.75 Å². The summed E-state index contributed by atoms with van der Waals surface area (Å²) in [6.45, 7) is 4.66. The summed E-state index contributed by atoms with van der Waals surface area (Å²) in [4.78, 5) is 35.4. The molecule has 0 saturated carbocycles. The molecule has 0 aliphatic rings. The number of carbonyl (C=O) groups is 3. The highest BCUT2D eigenvalue weighted by molar-refractivity contribution is 5.89. The predicted molar refractivity (Wildman–Crippen MR) is 106 cm³/mol. The first-order valence-corrected chi connectivity index (χ1v) is 9.01. The molecule has 2 aromatic rings. The van der Waals surface area contributed by atoms with Crippen molar-refractivity contribution < 1.29 is 19.1 Å².